The molecule has 0 unspecified atom stereocenters. The lowest BCUT2D eigenvalue weighted by atomic mass is 10.0. The second-order valence-electron chi connectivity index (χ2n) is 5.97. The van der Waals surface area contributed by atoms with Gasteiger partial charge in [0.05, 0.1) is 11.7 Å². The number of aromatic nitrogens is 2. The van der Waals surface area contributed by atoms with E-state index in [2.05, 4.69) is 15.3 Å². The van der Waals surface area contributed by atoms with Crippen molar-refractivity contribution >= 4 is 11.6 Å². The number of carbonyl (C=O) groups excluding carboxylic acids is 1. The molecule has 0 spiro atoms. The number of hydrogen-bond acceptors (Lipinski definition) is 5. The third kappa shape index (κ3) is 4.52. The molecule has 0 aliphatic rings. The Hall–Kier alpha value is -3.26. The van der Waals surface area contributed by atoms with E-state index < -0.39 is 29.3 Å². The summed E-state index contributed by atoms with van der Waals surface area (Å²) in [5, 5.41) is 12.9. The summed E-state index contributed by atoms with van der Waals surface area (Å²) in [6, 6.07) is 13.5. The number of anilines is 1. The van der Waals surface area contributed by atoms with Crippen LogP contribution in [0.2, 0.25) is 0 Å². The molecule has 1 aromatic carbocycles. The molecular formula is C20H16F3N3O2. The van der Waals surface area contributed by atoms with Crippen LogP contribution in [-0.4, -0.2) is 27.4 Å². The maximum atomic E-state index is 13.3. The van der Waals surface area contributed by atoms with Gasteiger partial charge in [-0.05, 0) is 29.8 Å². The summed E-state index contributed by atoms with van der Waals surface area (Å²) in [7, 11) is 0. The van der Waals surface area contributed by atoms with Gasteiger partial charge in [-0.3, -0.25) is 9.78 Å². The fourth-order valence-electron chi connectivity index (χ4n) is 2.59. The highest BCUT2D eigenvalue weighted by Crippen LogP contribution is 2.33. The van der Waals surface area contributed by atoms with Crippen LogP contribution in [0.15, 0.2) is 67.0 Å². The smallest absolute Gasteiger partial charge is 0.387 e. The maximum absolute atomic E-state index is 13.3. The molecule has 8 heteroatoms. The van der Waals surface area contributed by atoms with E-state index in [1.165, 1.54) is 24.5 Å². The van der Waals surface area contributed by atoms with Crippen LogP contribution in [-0.2, 0) is 6.18 Å². The first-order chi connectivity index (χ1) is 13.4. The Balaban J connectivity index is 1.87. The zero-order valence-corrected chi connectivity index (χ0v) is 14.5. The second-order valence-corrected chi connectivity index (χ2v) is 5.97. The van der Waals surface area contributed by atoms with Crippen molar-refractivity contribution in [3.8, 4) is 0 Å². The summed E-state index contributed by atoms with van der Waals surface area (Å²) in [6.07, 6.45) is -3.02. The molecular weight excluding hydrogens is 371 g/mol. The zero-order valence-electron chi connectivity index (χ0n) is 14.5. The number of pyridine rings is 2. The predicted molar refractivity (Wildman–Crippen MR) is 96.8 cm³/mol. The molecule has 3 rings (SSSR count). The third-order valence-corrected chi connectivity index (χ3v) is 4.00. The van der Waals surface area contributed by atoms with E-state index in [9.17, 15) is 23.1 Å². The first-order valence-corrected chi connectivity index (χ1v) is 8.36. The largest absolute Gasteiger partial charge is 0.418 e. The van der Waals surface area contributed by atoms with Crippen LogP contribution in [0.5, 0.6) is 0 Å². The number of halogens is 3. The number of nitrogens with one attached hydrogen (secondary N) is 1. The highest BCUT2D eigenvalue weighted by atomic mass is 19.4. The summed E-state index contributed by atoms with van der Waals surface area (Å²) in [4.78, 5) is 20.2. The van der Waals surface area contributed by atoms with Gasteiger partial charge in [0.2, 0.25) is 5.78 Å². The molecule has 0 aliphatic carbocycles. The molecule has 0 fully saturated rings. The fourth-order valence-corrected chi connectivity index (χ4v) is 2.59. The number of ketones is 1. The minimum atomic E-state index is -4.73. The van der Waals surface area contributed by atoms with Gasteiger partial charge in [0, 0.05) is 24.5 Å². The van der Waals surface area contributed by atoms with Gasteiger partial charge < -0.3 is 10.4 Å². The van der Waals surface area contributed by atoms with Crippen molar-refractivity contribution in [1.29, 1.82) is 0 Å². The minimum Gasteiger partial charge on any atom is -0.387 e. The van der Waals surface area contributed by atoms with Crippen molar-refractivity contribution < 1.29 is 23.1 Å². The Morgan fingerprint density at radius 1 is 1.07 bits per heavy atom. The maximum Gasteiger partial charge on any atom is 0.418 e. The van der Waals surface area contributed by atoms with Crippen LogP contribution in [0.25, 0.3) is 0 Å². The van der Waals surface area contributed by atoms with E-state index in [1.807, 2.05) is 0 Å². The summed E-state index contributed by atoms with van der Waals surface area (Å²) >= 11 is 0. The Morgan fingerprint density at radius 2 is 1.82 bits per heavy atom. The molecule has 2 N–H and O–H groups in total. The molecule has 0 amide bonds. The van der Waals surface area contributed by atoms with Gasteiger partial charge in [-0.15, -0.1) is 0 Å². The summed E-state index contributed by atoms with van der Waals surface area (Å²) in [5.74, 6) is -0.831. The van der Waals surface area contributed by atoms with Crippen molar-refractivity contribution in [1.82, 2.24) is 9.97 Å². The molecule has 1 atom stereocenters. The molecule has 144 valence electrons. The van der Waals surface area contributed by atoms with Crippen molar-refractivity contribution in [3.63, 3.8) is 0 Å². The molecule has 0 radical (unpaired) electrons. The Bertz CT molecular complexity index is 948. The average Bonchev–Trinajstić information content (AvgIpc) is 2.72. The minimum absolute atomic E-state index is 0.00182. The monoisotopic (exact) mass is 387 g/mol. The zero-order chi connectivity index (χ0) is 20.1. The van der Waals surface area contributed by atoms with Crippen LogP contribution < -0.4 is 5.32 Å². The number of aliphatic hydroxyl groups excluding tert-OH is 1. The van der Waals surface area contributed by atoms with Crippen LogP contribution in [0.3, 0.4) is 0 Å². The van der Waals surface area contributed by atoms with E-state index in [0.29, 0.717) is 5.56 Å². The number of aliphatic hydroxyl groups is 1. The van der Waals surface area contributed by atoms with Crippen molar-refractivity contribution in [2.45, 2.75) is 12.3 Å². The average molecular weight is 387 g/mol. The standard InChI is InChI=1S/C20H16F3N3O2/c21-20(22,23)15-8-9-17(25-12-16(27)13-5-2-1-3-6-13)26-18(15)19(28)14-7-4-10-24-11-14/h1-11,16,27H,12H2,(H,25,26)/t16-/m1/s1. The number of nitrogens with zero attached hydrogens (tertiary/aromatic N) is 2. The normalized spacial score (nSPS) is 12.4. The highest BCUT2D eigenvalue weighted by Gasteiger charge is 2.36. The molecule has 28 heavy (non-hydrogen) atoms. The van der Waals surface area contributed by atoms with Crippen molar-refractivity contribution in [2.24, 2.45) is 0 Å². The van der Waals surface area contributed by atoms with E-state index in [-0.39, 0.29) is 17.9 Å². The topological polar surface area (TPSA) is 75.1 Å². The lowest BCUT2D eigenvalue weighted by Gasteiger charge is -2.15. The van der Waals surface area contributed by atoms with E-state index in [4.69, 9.17) is 0 Å². The predicted octanol–water partition coefficient (Wildman–Crippen LogP) is 3.87. The summed E-state index contributed by atoms with van der Waals surface area (Å²) in [6.45, 7) is 0.0168. The number of hydrogen-bond donors (Lipinski definition) is 2. The van der Waals surface area contributed by atoms with Gasteiger partial charge >= 0.3 is 6.18 Å². The van der Waals surface area contributed by atoms with Crippen LogP contribution in [0, 0.1) is 0 Å². The molecule has 5 nitrogen and oxygen atoms in total. The van der Waals surface area contributed by atoms with Gasteiger partial charge in [-0.25, -0.2) is 4.98 Å². The van der Waals surface area contributed by atoms with E-state index >= 15 is 0 Å². The molecule has 0 saturated carbocycles. The quantitative estimate of drug-likeness (QED) is 0.628. The van der Waals surface area contributed by atoms with Gasteiger partial charge in [0.1, 0.15) is 11.5 Å². The molecule has 2 aromatic heterocycles. The first-order valence-electron chi connectivity index (χ1n) is 8.36. The van der Waals surface area contributed by atoms with Gasteiger partial charge in [0.25, 0.3) is 0 Å². The molecule has 3 aromatic rings. The number of benzene rings is 1. The van der Waals surface area contributed by atoms with Crippen LogP contribution >= 0.6 is 0 Å². The fraction of sp³-hybridized carbons (Fsp3) is 0.150. The van der Waals surface area contributed by atoms with Crippen LogP contribution in [0.1, 0.15) is 33.3 Å². The lowest BCUT2D eigenvalue weighted by molar-refractivity contribution is -0.138. The molecule has 2 heterocycles. The second kappa shape index (κ2) is 8.18. The first kappa shape index (κ1) is 19.5. The Labute approximate surface area is 158 Å². The molecule has 0 bridgehead atoms. The number of alkyl halides is 3. The molecule has 0 saturated heterocycles. The van der Waals surface area contributed by atoms with E-state index in [1.54, 1.807) is 30.3 Å². The van der Waals surface area contributed by atoms with Crippen molar-refractivity contribution in [2.75, 3.05) is 11.9 Å². The SMILES string of the molecule is O=C(c1cccnc1)c1nc(NC[C@@H](O)c2ccccc2)ccc1C(F)(F)F. The van der Waals surface area contributed by atoms with Gasteiger partial charge in [-0.1, -0.05) is 30.3 Å². The van der Waals surface area contributed by atoms with Gasteiger partial charge in [0.15, 0.2) is 0 Å². The number of carbonyl (C=O) groups is 1. The van der Waals surface area contributed by atoms with Crippen molar-refractivity contribution in [3.05, 3.63) is 89.4 Å². The third-order valence-electron chi connectivity index (χ3n) is 4.00. The Kier molecular flexibility index (Phi) is 5.70. The summed E-state index contributed by atoms with van der Waals surface area (Å²) in [5.41, 5.74) is -1.20. The number of rotatable bonds is 6. The lowest BCUT2D eigenvalue weighted by Crippen LogP contribution is -2.18. The van der Waals surface area contributed by atoms with Gasteiger partial charge in [-0.2, -0.15) is 13.2 Å². The van der Waals surface area contributed by atoms with Crippen LogP contribution in [0.4, 0.5) is 19.0 Å². The Morgan fingerprint density at radius 3 is 2.46 bits per heavy atom. The highest BCUT2D eigenvalue weighted by molar-refractivity contribution is 6.08. The molecule has 0 aliphatic heterocycles. The van der Waals surface area contributed by atoms with E-state index in [0.717, 1.165) is 12.1 Å². The summed E-state index contributed by atoms with van der Waals surface area (Å²) < 4.78 is 40.0.